The van der Waals surface area contributed by atoms with E-state index in [0.717, 1.165) is 24.5 Å². The number of hydrogen-bond acceptors (Lipinski definition) is 3. The summed E-state index contributed by atoms with van der Waals surface area (Å²) in [7, 11) is 3.90. The van der Waals surface area contributed by atoms with E-state index in [1.807, 2.05) is 43.4 Å². The van der Waals surface area contributed by atoms with E-state index >= 15 is 0 Å². The second-order valence-corrected chi connectivity index (χ2v) is 4.08. The molecule has 0 amide bonds. The summed E-state index contributed by atoms with van der Waals surface area (Å²) in [5.74, 6) is 1.04. The molecule has 5 nitrogen and oxygen atoms in total. The molecule has 0 aliphatic heterocycles. The molecule has 92 valence electrons. The predicted octanol–water partition coefficient (Wildman–Crippen LogP) is 1.34. The highest BCUT2D eigenvalue weighted by atomic mass is 15.3. The van der Waals surface area contributed by atoms with Gasteiger partial charge in [0, 0.05) is 32.2 Å². The van der Waals surface area contributed by atoms with Crippen LogP contribution in [-0.2, 0) is 13.6 Å². The third-order valence-electron chi connectivity index (χ3n) is 2.91. The third kappa shape index (κ3) is 2.24. The molecule has 0 spiro atoms. The monoisotopic (exact) mass is 233 g/mol. The normalized spacial score (nSPS) is 12.9. The van der Waals surface area contributed by atoms with Crippen LogP contribution in [-0.4, -0.2) is 26.4 Å². The Morgan fingerprint density at radius 3 is 2.82 bits per heavy atom. The molecule has 0 fully saturated rings. The Bertz CT molecular complexity index is 471. The van der Waals surface area contributed by atoms with E-state index in [9.17, 15) is 0 Å². The quantitative estimate of drug-likeness (QED) is 0.847. The van der Waals surface area contributed by atoms with Crippen molar-refractivity contribution in [3.63, 3.8) is 0 Å². The molecule has 2 aromatic heterocycles. The molecule has 17 heavy (non-hydrogen) atoms. The zero-order valence-corrected chi connectivity index (χ0v) is 10.6. The van der Waals surface area contributed by atoms with Gasteiger partial charge in [0.05, 0.1) is 5.69 Å². The Hall–Kier alpha value is -1.62. The SMILES string of the molecule is CCCn1ccnc1C(NC)c1ccnn1C. The lowest BCUT2D eigenvalue weighted by Gasteiger charge is -2.17. The maximum Gasteiger partial charge on any atom is 0.132 e. The molecule has 0 saturated carbocycles. The number of nitrogens with one attached hydrogen (secondary N) is 1. The average Bonchev–Trinajstić information content (AvgIpc) is 2.92. The van der Waals surface area contributed by atoms with Crippen LogP contribution in [0.1, 0.15) is 30.9 Å². The summed E-state index contributed by atoms with van der Waals surface area (Å²) >= 11 is 0. The first kappa shape index (κ1) is 11.9. The minimum atomic E-state index is 0.0871. The molecule has 2 heterocycles. The second-order valence-electron chi connectivity index (χ2n) is 4.08. The fourth-order valence-corrected chi connectivity index (χ4v) is 2.09. The van der Waals surface area contributed by atoms with Crippen molar-refractivity contribution < 1.29 is 0 Å². The number of imidazole rings is 1. The highest BCUT2D eigenvalue weighted by molar-refractivity contribution is 5.17. The van der Waals surface area contributed by atoms with Crippen molar-refractivity contribution in [2.45, 2.75) is 25.9 Å². The van der Waals surface area contributed by atoms with Gasteiger partial charge in [0.2, 0.25) is 0 Å². The standard InChI is InChI=1S/C12H19N5/c1-4-8-17-9-7-14-12(17)11(13-2)10-5-6-15-16(10)3/h5-7,9,11,13H,4,8H2,1-3H3. The largest absolute Gasteiger partial charge is 0.333 e. The molecule has 2 rings (SSSR count). The fourth-order valence-electron chi connectivity index (χ4n) is 2.09. The van der Waals surface area contributed by atoms with E-state index in [1.54, 1.807) is 0 Å². The van der Waals surface area contributed by atoms with Crippen LogP contribution in [0.4, 0.5) is 0 Å². The van der Waals surface area contributed by atoms with E-state index in [2.05, 4.69) is 26.9 Å². The summed E-state index contributed by atoms with van der Waals surface area (Å²) in [6.07, 6.45) is 6.79. The Labute approximate surface area is 101 Å². The predicted molar refractivity (Wildman–Crippen MR) is 66.6 cm³/mol. The van der Waals surface area contributed by atoms with Crippen molar-refractivity contribution in [2.75, 3.05) is 7.05 Å². The van der Waals surface area contributed by atoms with Crippen LogP contribution in [0.3, 0.4) is 0 Å². The lowest BCUT2D eigenvalue weighted by atomic mass is 10.2. The summed E-state index contributed by atoms with van der Waals surface area (Å²) in [4.78, 5) is 4.46. The van der Waals surface area contributed by atoms with Crippen LogP contribution >= 0.6 is 0 Å². The number of rotatable bonds is 5. The first-order valence-electron chi connectivity index (χ1n) is 5.94. The minimum Gasteiger partial charge on any atom is -0.333 e. The number of nitrogens with zero attached hydrogens (tertiary/aromatic N) is 4. The van der Waals surface area contributed by atoms with Gasteiger partial charge >= 0.3 is 0 Å². The average molecular weight is 233 g/mol. The number of aromatic nitrogens is 4. The van der Waals surface area contributed by atoms with Gasteiger partial charge in [0.25, 0.3) is 0 Å². The first-order chi connectivity index (χ1) is 8.27. The molecule has 1 atom stereocenters. The van der Waals surface area contributed by atoms with Gasteiger partial charge in [-0.25, -0.2) is 4.98 Å². The van der Waals surface area contributed by atoms with Gasteiger partial charge in [-0.2, -0.15) is 5.10 Å². The van der Waals surface area contributed by atoms with E-state index in [4.69, 9.17) is 0 Å². The maximum atomic E-state index is 4.46. The Kier molecular flexibility index (Phi) is 3.58. The molecule has 1 N–H and O–H groups in total. The van der Waals surface area contributed by atoms with Gasteiger partial charge in [-0.15, -0.1) is 0 Å². The summed E-state index contributed by atoms with van der Waals surface area (Å²) in [5, 5.41) is 7.51. The zero-order valence-electron chi connectivity index (χ0n) is 10.6. The first-order valence-corrected chi connectivity index (χ1v) is 5.94. The fraction of sp³-hybridized carbons (Fsp3) is 0.500. The van der Waals surface area contributed by atoms with E-state index in [0.29, 0.717) is 0 Å². The van der Waals surface area contributed by atoms with E-state index in [-0.39, 0.29) is 6.04 Å². The summed E-state index contributed by atoms with van der Waals surface area (Å²) < 4.78 is 4.07. The molecule has 1 unspecified atom stereocenters. The van der Waals surface area contributed by atoms with Gasteiger partial charge in [-0.3, -0.25) is 4.68 Å². The molecule has 0 aromatic carbocycles. The molecular weight excluding hydrogens is 214 g/mol. The van der Waals surface area contributed by atoms with Crippen molar-refractivity contribution in [1.82, 2.24) is 24.6 Å². The topological polar surface area (TPSA) is 47.7 Å². The van der Waals surface area contributed by atoms with Gasteiger partial charge in [-0.05, 0) is 19.5 Å². The smallest absolute Gasteiger partial charge is 0.132 e. The second kappa shape index (κ2) is 5.14. The van der Waals surface area contributed by atoms with Gasteiger partial charge < -0.3 is 9.88 Å². The third-order valence-corrected chi connectivity index (χ3v) is 2.91. The molecular formula is C12H19N5. The summed E-state index contributed by atoms with van der Waals surface area (Å²) in [6.45, 7) is 3.16. The summed E-state index contributed by atoms with van der Waals surface area (Å²) in [5.41, 5.74) is 1.12. The van der Waals surface area contributed by atoms with Crippen LogP contribution in [0.25, 0.3) is 0 Å². The van der Waals surface area contributed by atoms with E-state index in [1.165, 1.54) is 0 Å². The van der Waals surface area contributed by atoms with Crippen LogP contribution < -0.4 is 5.32 Å². The van der Waals surface area contributed by atoms with Crippen LogP contribution in [0.2, 0.25) is 0 Å². The lowest BCUT2D eigenvalue weighted by Crippen LogP contribution is -2.24. The molecule has 0 aliphatic carbocycles. The van der Waals surface area contributed by atoms with Crippen LogP contribution in [0, 0.1) is 0 Å². The minimum absolute atomic E-state index is 0.0871. The summed E-state index contributed by atoms with van der Waals surface area (Å²) in [6, 6.07) is 2.11. The number of aryl methyl sites for hydroxylation is 2. The molecule has 0 saturated heterocycles. The Morgan fingerprint density at radius 2 is 2.24 bits per heavy atom. The number of hydrogen-bond donors (Lipinski definition) is 1. The van der Waals surface area contributed by atoms with Crippen molar-refractivity contribution in [3.05, 3.63) is 36.2 Å². The van der Waals surface area contributed by atoms with Crippen molar-refractivity contribution >= 4 is 0 Å². The molecule has 0 radical (unpaired) electrons. The van der Waals surface area contributed by atoms with Crippen molar-refractivity contribution in [2.24, 2.45) is 7.05 Å². The molecule has 2 aromatic rings. The molecule has 0 aliphatic rings. The van der Waals surface area contributed by atoms with E-state index < -0.39 is 0 Å². The zero-order chi connectivity index (χ0) is 12.3. The van der Waals surface area contributed by atoms with Gasteiger partial charge in [0.1, 0.15) is 11.9 Å². The molecule has 5 heteroatoms. The highest BCUT2D eigenvalue weighted by Crippen LogP contribution is 2.19. The lowest BCUT2D eigenvalue weighted by molar-refractivity contribution is 0.536. The van der Waals surface area contributed by atoms with Crippen LogP contribution in [0.5, 0.6) is 0 Å². The van der Waals surface area contributed by atoms with Crippen molar-refractivity contribution in [3.8, 4) is 0 Å². The van der Waals surface area contributed by atoms with Crippen molar-refractivity contribution in [1.29, 1.82) is 0 Å². The highest BCUT2D eigenvalue weighted by Gasteiger charge is 2.19. The Balaban J connectivity index is 2.35. The van der Waals surface area contributed by atoms with Gasteiger partial charge in [-0.1, -0.05) is 6.92 Å². The Morgan fingerprint density at radius 1 is 1.41 bits per heavy atom. The van der Waals surface area contributed by atoms with Gasteiger partial charge in [0.15, 0.2) is 0 Å². The van der Waals surface area contributed by atoms with Crippen LogP contribution in [0.15, 0.2) is 24.7 Å². The maximum absolute atomic E-state index is 4.46. The molecule has 0 bridgehead atoms.